The zero-order valence-electron chi connectivity index (χ0n) is 12.5. The molecule has 1 unspecified atom stereocenters. The first-order valence-electron chi connectivity index (χ1n) is 7.10. The van der Waals surface area contributed by atoms with Crippen LogP contribution in [0.2, 0.25) is 0 Å². The van der Waals surface area contributed by atoms with E-state index in [4.69, 9.17) is 0 Å². The predicted octanol–water partition coefficient (Wildman–Crippen LogP) is 3.92. The molecule has 0 bridgehead atoms. The molecule has 0 spiro atoms. The standard InChI is InChI=1S/C17H25NO/c1-13(19)14-5-7-16(8-6-14)18-11-9-15(10-12-18)17(2,3)4/h5-9,13,19H,10-12H2,1-4H3. The first-order chi connectivity index (χ1) is 8.88. The van der Waals surface area contributed by atoms with Crippen LogP contribution in [0.5, 0.6) is 0 Å². The van der Waals surface area contributed by atoms with Crippen LogP contribution in [-0.4, -0.2) is 18.2 Å². The van der Waals surface area contributed by atoms with Crippen LogP contribution in [0.15, 0.2) is 35.9 Å². The second kappa shape index (κ2) is 5.38. The lowest BCUT2D eigenvalue weighted by molar-refractivity contribution is 0.199. The van der Waals surface area contributed by atoms with Crippen molar-refractivity contribution in [2.45, 2.75) is 40.2 Å². The number of rotatable bonds is 2. The zero-order chi connectivity index (χ0) is 14.0. The Labute approximate surface area is 116 Å². The molecule has 0 amide bonds. The summed E-state index contributed by atoms with van der Waals surface area (Å²) >= 11 is 0. The van der Waals surface area contributed by atoms with Crippen LogP contribution in [0.4, 0.5) is 5.69 Å². The Morgan fingerprint density at radius 2 is 1.79 bits per heavy atom. The zero-order valence-corrected chi connectivity index (χ0v) is 12.5. The summed E-state index contributed by atoms with van der Waals surface area (Å²) in [5, 5.41) is 9.53. The van der Waals surface area contributed by atoms with Crippen LogP contribution in [-0.2, 0) is 0 Å². The van der Waals surface area contributed by atoms with Gasteiger partial charge in [-0.2, -0.15) is 0 Å². The van der Waals surface area contributed by atoms with Crippen molar-refractivity contribution in [3.8, 4) is 0 Å². The summed E-state index contributed by atoms with van der Waals surface area (Å²) in [5.41, 5.74) is 4.08. The van der Waals surface area contributed by atoms with E-state index in [1.54, 1.807) is 12.5 Å². The topological polar surface area (TPSA) is 23.5 Å². The Hall–Kier alpha value is -1.28. The van der Waals surface area contributed by atoms with E-state index >= 15 is 0 Å². The molecule has 2 heteroatoms. The van der Waals surface area contributed by atoms with Gasteiger partial charge in [-0.1, -0.05) is 44.6 Å². The van der Waals surface area contributed by atoms with Crippen LogP contribution < -0.4 is 4.90 Å². The largest absolute Gasteiger partial charge is 0.389 e. The molecule has 1 aromatic carbocycles. The third-order valence-corrected chi connectivity index (χ3v) is 3.91. The monoisotopic (exact) mass is 259 g/mol. The lowest BCUT2D eigenvalue weighted by Gasteiger charge is -2.33. The number of benzene rings is 1. The van der Waals surface area contributed by atoms with Gasteiger partial charge in [0, 0.05) is 18.8 Å². The number of aliphatic hydroxyl groups is 1. The van der Waals surface area contributed by atoms with Crippen molar-refractivity contribution in [2.75, 3.05) is 18.0 Å². The van der Waals surface area contributed by atoms with Gasteiger partial charge in [0.15, 0.2) is 0 Å². The first-order valence-corrected chi connectivity index (χ1v) is 7.10. The van der Waals surface area contributed by atoms with Gasteiger partial charge in [0.05, 0.1) is 6.10 Å². The van der Waals surface area contributed by atoms with E-state index in [9.17, 15) is 5.11 Å². The van der Waals surface area contributed by atoms with Crippen molar-refractivity contribution in [1.29, 1.82) is 0 Å². The Kier molecular flexibility index (Phi) is 4.00. The molecule has 0 fully saturated rings. The van der Waals surface area contributed by atoms with E-state index < -0.39 is 0 Å². The molecule has 104 valence electrons. The van der Waals surface area contributed by atoms with Gasteiger partial charge in [-0.15, -0.1) is 0 Å². The van der Waals surface area contributed by atoms with Crippen molar-refractivity contribution in [3.63, 3.8) is 0 Å². The highest BCUT2D eigenvalue weighted by Crippen LogP contribution is 2.31. The van der Waals surface area contributed by atoms with Gasteiger partial charge in [-0.05, 0) is 36.5 Å². The maximum Gasteiger partial charge on any atom is 0.0761 e. The van der Waals surface area contributed by atoms with E-state index in [2.05, 4.69) is 43.9 Å². The molecule has 0 aromatic heterocycles. The van der Waals surface area contributed by atoms with Crippen LogP contribution in [0.1, 0.15) is 45.8 Å². The summed E-state index contributed by atoms with van der Waals surface area (Å²) in [5.74, 6) is 0. The Bertz CT molecular complexity index is 451. The molecule has 19 heavy (non-hydrogen) atoms. The van der Waals surface area contributed by atoms with Crippen LogP contribution in [0.25, 0.3) is 0 Å². The smallest absolute Gasteiger partial charge is 0.0761 e. The van der Waals surface area contributed by atoms with Crippen molar-refractivity contribution in [3.05, 3.63) is 41.5 Å². The molecule has 0 radical (unpaired) electrons. The third kappa shape index (κ3) is 3.38. The summed E-state index contributed by atoms with van der Waals surface area (Å²) in [6.45, 7) is 10.7. The molecule has 0 saturated carbocycles. The lowest BCUT2D eigenvalue weighted by atomic mass is 9.83. The van der Waals surface area contributed by atoms with Gasteiger partial charge >= 0.3 is 0 Å². The molecule has 1 aliphatic rings. The average molecular weight is 259 g/mol. The van der Waals surface area contributed by atoms with Crippen LogP contribution in [0, 0.1) is 5.41 Å². The molecule has 1 heterocycles. The molecule has 0 saturated heterocycles. The predicted molar refractivity (Wildman–Crippen MR) is 81.4 cm³/mol. The van der Waals surface area contributed by atoms with Gasteiger partial charge in [0.25, 0.3) is 0 Å². The maximum absolute atomic E-state index is 9.53. The highest BCUT2D eigenvalue weighted by Gasteiger charge is 2.21. The highest BCUT2D eigenvalue weighted by atomic mass is 16.3. The molecule has 0 aliphatic carbocycles. The summed E-state index contributed by atoms with van der Waals surface area (Å²) in [6, 6.07) is 8.25. The minimum Gasteiger partial charge on any atom is -0.389 e. The quantitative estimate of drug-likeness (QED) is 0.814. The van der Waals surface area contributed by atoms with Crippen molar-refractivity contribution in [2.24, 2.45) is 5.41 Å². The normalized spacial score (nSPS) is 18.2. The van der Waals surface area contributed by atoms with Gasteiger partial charge in [-0.3, -0.25) is 0 Å². The van der Waals surface area contributed by atoms with Gasteiger partial charge in [-0.25, -0.2) is 0 Å². The molecule has 2 nitrogen and oxygen atoms in total. The average Bonchev–Trinajstić information content (AvgIpc) is 2.38. The summed E-state index contributed by atoms with van der Waals surface area (Å²) in [7, 11) is 0. The van der Waals surface area contributed by atoms with Gasteiger partial charge < -0.3 is 10.0 Å². The first kappa shape index (κ1) is 14.1. The maximum atomic E-state index is 9.53. The number of anilines is 1. The Morgan fingerprint density at radius 1 is 1.16 bits per heavy atom. The lowest BCUT2D eigenvalue weighted by Crippen LogP contribution is -2.31. The fourth-order valence-electron chi connectivity index (χ4n) is 2.55. The van der Waals surface area contributed by atoms with Crippen molar-refractivity contribution >= 4 is 5.69 Å². The fourth-order valence-corrected chi connectivity index (χ4v) is 2.55. The third-order valence-electron chi connectivity index (χ3n) is 3.91. The molecule has 2 rings (SSSR count). The van der Waals surface area contributed by atoms with E-state index in [-0.39, 0.29) is 6.10 Å². The van der Waals surface area contributed by atoms with Crippen LogP contribution in [0.3, 0.4) is 0 Å². The molecule has 1 aromatic rings. The summed E-state index contributed by atoms with van der Waals surface area (Å²) in [4.78, 5) is 2.39. The minimum atomic E-state index is -0.386. The van der Waals surface area contributed by atoms with E-state index in [1.807, 2.05) is 12.1 Å². The second-order valence-electron chi connectivity index (χ2n) is 6.44. The van der Waals surface area contributed by atoms with E-state index in [1.165, 1.54) is 5.69 Å². The Balaban J connectivity index is 2.07. The van der Waals surface area contributed by atoms with Crippen molar-refractivity contribution < 1.29 is 5.11 Å². The summed E-state index contributed by atoms with van der Waals surface area (Å²) in [6.07, 6.45) is 3.12. The number of hydrogen-bond acceptors (Lipinski definition) is 2. The molecule has 1 atom stereocenters. The van der Waals surface area contributed by atoms with E-state index in [0.717, 1.165) is 25.1 Å². The number of nitrogens with zero attached hydrogens (tertiary/aromatic N) is 1. The van der Waals surface area contributed by atoms with Crippen molar-refractivity contribution in [1.82, 2.24) is 0 Å². The minimum absolute atomic E-state index is 0.294. The molecule has 1 aliphatic heterocycles. The van der Waals surface area contributed by atoms with Gasteiger partial charge in [0.2, 0.25) is 0 Å². The SMILES string of the molecule is CC(O)c1ccc(N2CC=C(C(C)(C)C)CC2)cc1. The number of aliphatic hydroxyl groups excluding tert-OH is 1. The molecular formula is C17H25NO. The number of hydrogen-bond donors (Lipinski definition) is 1. The second-order valence-corrected chi connectivity index (χ2v) is 6.44. The molecule has 1 N–H and O–H groups in total. The van der Waals surface area contributed by atoms with Crippen LogP contribution >= 0.6 is 0 Å². The summed E-state index contributed by atoms with van der Waals surface area (Å²) < 4.78 is 0. The molecular weight excluding hydrogens is 234 g/mol. The fraction of sp³-hybridized carbons (Fsp3) is 0.529. The highest BCUT2D eigenvalue weighted by molar-refractivity contribution is 5.49. The Morgan fingerprint density at radius 3 is 2.21 bits per heavy atom. The van der Waals surface area contributed by atoms with Gasteiger partial charge in [0.1, 0.15) is 0 Å². The van der Waals surface area contributed by atoms with E-state index in [0.29, 0.717) is 5.41 Å².